The summed E-state index contributed by atoms with van der Waals surface area (Å²) in [5, 5.41) is 19.8. The average Bonchev–Trinajstić information content (AvgIpc) is 4.02. The highest BCUT2D eigenvalue weighted by Gasteiger charge is 2.40. The molecule has 0 unspecified atom stereocenters. The fourth-order valence-corrected chi connectivity index (χ4v) is 8.88. The van der Waals surface area contributed by atoms with Crippen LogP contribution in [-0.2, 0) is 56.0 Å². The number of carbonyl (C=O) groups excluding carboxylic acids is 9. The Kier molecular flexibility index (Phi) is 21.5. The monoisotopic (exact) mass is 1030 g/mol. The molecule has 2 aliphatic heterocycles. The molecule has 3 heterocycles. The zero-order valence-corrected chi connectivity index (χ0v) is 41.5. The maximum absolute atomic E-state index is 14.6. The molecule has 7 atom stereocenters. The summed E-state index contributed by atoms with van der Waals surface area (Å²) in [4.78, 5) is 137. The summed E-state index contributed by atoms with van der Waals surface area (Å²) in [5.41, 5.74) is 29.9. The number of hydrogen-bond acceptors (Lipinski definition) is 11. The Morgan fingerprint density at radius 1 is 0.730 bits per heavy atom. The molecule has 2 aromatic carbocycles. The van der Waals surface area contributed by atoms with Crippen molar-refractivity contribution in [3.63, 3.8) is 0 Å². The van der Waals surface area contributed by atoms with Gasteiger partial charge < -0.3 is 75.8 Å². The van der Waals surface area contributed by atoms with E-state index in [4.69, 9.17) is 28.7 Å². The average molecular weight is 1030 g/mol. The molecule has 2 saturated heterocycles. The van der Waals surface area contributed by atoms with E-state index in [1.165, 1.54) is 11.8 Å². The van der Waals surface area contributed by atoms with Crippen LogP contribution in [0.5, 0.6) is 0 Å². The molecule has 400 valence electrons. The number of amides is 9. The van der Waals surface area contributed by atoms with E-state index in [1.54, 1.807) is 36.5 Å². The Balaban J connectivity index is 1.51. The van der Waals surface area contributed by atoms with Crippen molar-refractivity contribution in [2.45, 2.75) is 126 Å². The number of nitrogens with one attached hydrogen (secondary N) is 8. The number of H-pyrrole nitrogens is 1. The minimum atomic E-state index is -1.36. The van der Waals surface area contributed by atoms with Crippen molar-refractivity contribution in [1.82, 2.24) is 47.1 Å². The van der Waals surface area contributed by atoms with Gasteiger partial charge >= 0.3 is 0 Å². The van der Waals surface area contributed by atoms with Crippen molar-refractivity contribution >= 4 is 76.0 Å². The van der Waals surface area contributed by atoms with Crippen LogP contribution in [0.2, 0.25) is 0 Å². The van der Waals surface area contributed by atoms with Gasteiger partial charge in [0.1, 0.15) is 42.3 Å². The Bertz CT molecular complexity index is 2530. The quantitative estimate of drug-likeness (QED) is 0.0391. The first-order chi connectivity index (χ1) is 35.4. The number of guanidine groups is 2. The number of nitrogens with two attached hydrogens (primary N) is 5. The molecule has 0 spiro atoms. The highest BCUT2D eigenvalue weighted by Crippen LogP contribution is 2.22. The summed E-state index contributed by atoms with van der Waals surface area (Å²) in [6.45, 7) is 1.59. The predicted octanol–water partition coefficient (Wildman–Crippen LogP) is -2.84. The zero-order chi connectivity index (χ0) is 53.7. The lowest BCUT2D eigenvalue weighted by Crippen LogP contribution is -2.60. The number of hydrogen-bond donors (Lipinski definition) is 13. The first kappa shape index (κ1) is 56.7. The molecule has 0 saturated carbocycles. The second kappa shape index (κ2) is 28.1. The largest absolute Gasteiger partial charge is 0.370 e. The molecule has 25 heteroatoms. The minimum Gasteiger partial charge on any atom is -0.370 e. The van der Waals surface area contributed by atoms with E-state index in [0.717, 1.165) is 10.9 Å². The minimum absolute atomic E-state index is 0.00572. The highest BCUT2D eigenvalue weighted by molar-refractivity contribution is 5.98. The van der Waals surface area contributed by atoms with Gasteiger partial charge in [0.25, 0.3) is 0 Å². The van der Waals surface area contributed by atoms with E-state index in [9.17, 15) is 43.2 Å². The van der Waals surface area contributed by atoms with Crippen LogP contribution in [0.4, 0.5) is 0 Å². The van der Waals surface area contributed by atoms with Crippen LogP contribution >= 0.6 is 0 Å². The smallest absolute Gasteiger partial charge is 0.245 e. The normalized spacial score (nSPS) is 22.1. The van der Waals surface area contributed by atoms with Crippen LogP contribution < -0.4 is 65.9 Å². The number of nitrogens with zero attached hydrogens (tertiary/aromatic N) is 3. The van der Waals surface area contributed by atoms with Crippen molar-refractivity contribution < 1.29 is 43.2 Å². The SMILES string of the molecule is CC(=O)N[C@@H](CCCN=C(N)N)C(=O)N[C@H]1CCCNC(=O)CC[C@@H](C(N)=O)NC(=O)[C@H](Cc2c[nH]c3ccccc23)NC(=O)[C@H](CCCN=C(N)N)NC(=O)[C@@H](Cc2ccccc2)NC(=O)[C@@H]2CCCN2C1=O. The van der Waals surface area contributed by atoms with E-state index >= 15 is 0 Å². The maximum atomic E-state index is 14.6. The summed E-state index contributed by atoms with van der Waals surface area (Å²) in [6.07, 6.45) is 2.30. The van der Waals surface area contributed by atoms with Crippen molar-refractivity contribution in [1.29, 1.82) is 0 Å². The maximum Gasteiger partial charge on any atom is 0.245 e. The molecule has 25 nitrogen and oxygen atoms in total. The molecule has 0 aliphatic carbocycles. The molecule has 18 N–H and O–H groups in total. The van der Waals surface area contributed by atoms with E-state index in [2.05, 4.69) is 52.2 Å². The van der Waals surface area contributed by atoms with Gasteiger partial charge in [-0.05, 0) is 75.0 Å². The van der Waals surface area contributed by atoms with Crippen LogP contribution in [-0.4, -0.2) is 143 Å². The van der Waals surface area contributed by atoms with Gasteiger partial charge in [0, 0.05) is 69.5 Å². The van der Waals surface area contributed by atoms with Crippen LogP contribution in [0.1, 0.15) is 82.3 Å². The van der Waals surface area contributed by atoms with Gasteiger partial charge in [-0.1, -0.05) is 48.5 Å². The van der Waals surface area contributed by atoms with E-state index < -0.39 is 95.5 Å². The van der Waals surface area contributed by atoms with Crippen molar-refractivity contribution in [3.05, 3.63) is 71.9 Å². The molecule has 0 bridgehead atoms. The van der Waals surface area contributed by atoms with E-state index in [-0.39, 0.29) is 102 Å². The Labute approximate surface area is 428 Å². The van der Waals surface area contributed by atoms with Crippen molar-refractivity contribution in [2.75, 3.05) is 26.2 Å². The summed E-state index contributed by atoms with van der Waals surface area (Å²) in [6, 6.07) is 7.30. The Morgan fingerprint density at radius 3 is 2.07 bits per heavy atom. The summed E-state index contributed by atoms with van der Waals surface area (Å²) < 4.78 is 0. The third-order valence-corrected chi connectivity index (χ3v) is 12.6. The van der Waals surface area contributed by atoms with Gasteiger partial charge in [-0.3, -0.25) is 53.1 Å². The Hall–Kier alpha value is -8.25. The Morgan fingerprint density at radius 2 is 1.36 bits per heavy atom. The van der Waals surface area contributed by atoms with Gasteiger partial charge in [0.05, 0.1) is 0 Å². The van der Waals surface area contributed by atoms with Gasteiger partial charge in [-0.25, -0.2) is 0 Å². The zero-order valence-electron chi connectivity index (χ0n) is 41.5. The molecule has 1 aromatic heterocycles. The molecule has 2 aliphatic rings. The number of benzene rings is 2. The third-order valence-electron chi connectivity index (χ3n) is 12.6. The van der Waals surface area contributed by atoms with Gasteiger partial charge in [0.2, 0.25) is 53.2 Å². The van der Waals surface area contributed by atoms with Crippen LogP contribution in [0.25, 0.3) is 10.9 Å². The predicted molar refractivity (Wildman–Crippen MR) is 275 cm³/mol. The molecular formula is C49H70N16O9. The number of fused-ring (bicyclic) bond motifs is 2. The standard InChI is InChI=1S/C49H70N16O9/c1-28(66)59-34(15-7-22-56-48(51)52)42(69)62-36-17-9-21-55-40(67)20-19-33(41(50)68)60-45(72)38(26-30-27-58-32-14-6-5-13-31(30)32)63-43(70)35(16-8-23-57-49(53)54)61-44(71)37(25-29-11-3-2-4-12-29)64-46(73)39-18-10-24-65(39)47(36)74/h2-6,11-14,27,33-39,58H,7-10,15-26H2,1H3,(H2,50,68)(H,55,67)(H,59,66)(H,60,72)(H,61,71)(H,62,69)(H,63,70)(H,64,73)(H4,51,52,56)(H4,53,54,57)/t33-,34-,35-,36-,37+,38-,39-/m0/s1. The molecule has 5 rings (SSSR count). The molecule has 0 radical (unpaired) electrons. The number of primary amides is 1. The fourth-order valence-electron chi connectivity index (χ4n) is 8.88. The van der Waals surface area contributed by atoms with Crippen LogP contribution in [0, 0.1) is 0 Å². The molecule has 2 fully saturated rings. The number of aliphatic imine (C=N–C) groups is 2. The first-order valence-electron chi connectivity index (χ1n) is 24.7. The van der Waals surface area contributed by atoms with Crippen molar-refractivity contribution in [2.24, 2.45) is 38.7 Å². The van der Waals surface area contributed by atoms with E-state index in [1.807, 2.05) is 24.3 Å². The highest BCUT2D eigenvalue weighted by atomic mass is 16.2. The number of para-hydroxylation sites is 1. The topological polar surface area (TPSA) is 412 Å². The number of aromatic nitrogens is 1. The van der Waals surface area contributed by atoms with E-state index in [0.29, 0.717) is 24.0 Å². The molecule has 74 heavy (non-hydrogen) atoms. The second-order valence-electron chi connectivity index (χ2n) is 18.3. The lowest BCUT2D eigenvalue weighted by molar-refractivity contribution is -0.142. The van der Waals surface area contributed by atoms with Gasteiger partial charge in [-0.2, -0.15) is 0 Å². The number of rotatable bonds is 16. The van der Waals surface area contributed by atoms with Gasteiger partial charge in [0.15, 0.2) is 11.9 Å². The second-order valence-corrected chi connectivity index (χ2v) is 18.3. The lowest BCUT2D eigenvalue weighted by Gasteiger charge is -2.31. The summed E-state index contributed by atoms with van der Waals surface area (Å²) in [5.74, 6) is -6.68. The summed E-state index contributed by atoms with van der Waals surface area (Å²) >= 11 is 0. The van der Waals surface area contributed by atoms with Crippen LogP contribution in [0.3, 0.4) is 0 Å². The van der Waals surface area contributed by atoms with Crippen molar-refractivity contribution in [3.8, 4) is 0 Å². The molecular weight excluding hydrogens is 957 g/mol. The summed E-state index contributed by atoms with van der Waals surface area (Å²) in [7, 11) is 0. The molecule has 3 aromatic rings. The lowest BCUT2D eigenvalue weighted by atomic mass is 10.0. The number of carbonyl (C=O) groups is 9. The third kappa shape index (κ3) is 17.5. The first-order valence-corrected chi connectivity index (χ1v) is 24.7. The van der Waals surface area contributed by atoms with Gasteiger partial charge in [-0.15, -0.1) is 0 Å². The number of aromatic amines is 1. The molecule has 9 amide bonds. The van der Waals surface area contributed by atoms with Crippen LogP contribution in [0.15, 0.2) is 70.8 Å². The fraction of sp³-hybridized carbons (Fsp3) is 0.490.